The summed E-state index contributed by atoms with van der Waals surface area (Å²) < 4.78 is 1.67. The molecular weight excluding hydrogens is 210 g/mol. The van der Waals surface area contributed by atoms with Crippen molar-refractivity contribution in [2.75, 3.05) is 18.3 Å². The number of hydrogen-bond acceptors (Lipinski definition) is 4. The summed E-state index contributed by atoms with van der Waals surface area (Å²) in [6, 6.07) is 0. The van der Waals surface area contributed by atoms with E-state index in [0.717, 1.165) is 18.6 Å². The van der Waals surface area contributed by atoms with Crippen LogP contribution in [0.5, 0.6) is 0 Å². The number of unbranched alkanes of at least 4 members (excludes halogenated alkanes) is 1. The first-order chi connectivity index (χ1) is 5.76. The molecule has 0 atom stereocenters. The molecule has 0 fully saturated rings. The molecule has 12 heavy (non-hydrogen) atoms. The smallest absolute Gasteiger partial charge is 0.260 e. The van der Waals surface area contributed by atoms with E-state index < -0.39 is 0 Å². The topological polar surface area (TPSA) is 20.3 Å². The molecule has 0 rings (SSSR count). The minimum Gasteiger partial charge on any atom is -0.260 e. The van der Waals surface area contributed by atoms with Gasteiger partial charge in [-0.2, -0.15) is 0 Å². The number of carbonyl (C=O) groups is 1. The number of rotatable bonds is 5. The van der Waals surface area contributed by atoms with Crippen molar-refractivity contribution in [3.05, 3.63) is 6.92 Å². The molecule has 0 N–H and O–H groups in total. The summed E-state index contributed by atoms with van der Waals surface area (Å²) in [6.45, 7) is 3.72. The minimum atomic E-state index is 0.128. The molecule has 0 unspecified atom stereocenters. The van der Waals surface area contributed by atoms with E-state index in [9.17, 15) is 4.79 Å². The Balaban J connectivity index is 3.54. The van der Waals surface area contributed by atoms with Crippen LogP contribution in [0, 0.1) is 6.92 Å². The molecule has 5 heteroatoms. The zero-order valence-electron chi connectivity index (χ0n) is 7.41. The summed E-state index contributed by atoms with van der Waals surface area (Å²) >= 11 is 4.26. The Bertz CT molecular complexity index is 128. The Kier molecular flexibility index (Phi) is 8.49. The molecule has 0 aliphatic carbocycles. The van der Waals surface area contributed by atoms with E-state index >= 15 is 0 Å². The molecule has 0 aromatic carbocycles. The Morgan fingerprint density at radius 1 is 1.42 bits per heavy atom. The van der Waals surface area contributed by atoms with E-state index in [0.29, 0.717) is 0 Å². The third-order valence-electron chi connectivity index (χ3n) is 1.10. The molecule has 1 radical (unpaired) electrons. The normalized spacial score (nSPS) is 9.92. The summed E-state index contributed by atoms with van der Waals surface area (Å²) in [5.74, 6) is 0.875. The predicted octanol–water partition coefficient (Wildman–Crippen LogP) is 3.31. The second kappa shape index (κ2) is 8.13. The van der Waals surface area contributed by atoms with E-state index in [1.165, 1.54) is 35.7 Å². The first-order valence-corrected chi connectivity index (χ1v) is 6.95. The molecule has 0 aromatic rings. The van der Waals surface area contributed by atoms with Gasteiger partial charge in [-0.1, -0.05) is 25.1 Å². The lowest BCUT2D eigenvalue weighted by Crippen LogP contribution is -2.10. The van der Waals surface area contributed by atoms with Crippen molar-refractivity contribution in [2.45, 2.75) is 12.8 Å². The fourth-order valence-corrected chi connectivity index (χ4v) is 2.82. The van der Waals surface area contributed by atoms with Crippen LogP contribution in [-0.4, -0.2) is 27.2 Å². The zero-order chi connectivity index (χ0) is 9.40. The monoisotopic (exact) mass is 224 g/mol. The quantitative estimate of drug-likeness (QED) is 0.527. The summed E-state index contributed by atoms with van der Waals surface area (Å²) in [5, 5.41) is 0.128. The molecule has 0 aliphatic heterocycles. The number of carbonyl (C=O) groups excluding carboxylic acids is 1. The van der Waals surface area contributed by atoms with Gasteiger partial charge in [0, 0.05) is 18.3 Å². The van der Waals surface area contributed by atoms with Crippen LogP contribution in [0.2, 0.25) is 0 Å². The number of amides is 1. The summed E-state index contributed by atoms with van der Waals surface area (Å²) in [5.41, 5.74) is 0. The van der Waals surface area contributed by atoms with Gasteiger partial charge >= 0.3 is 5.24 Å². The van der Waals surface area contributed by atoms with Gasteiger partial charge in [0.15, 0.2) is 0 Å². The molecule has 0 bridgehead atoms. The Morgan fingerprint density at radius 2 is 2.00 bits per heavy atom. The van der Waals surface area contributed by atoms with Crippen molar-refractivity contribution in [3.63, 3.8) is 0 Å². The standard InChI is InChI=1S/C7H14NOS3/c1-4-5-6-12-7(9)8(10-2)11-3/h1,4-6H2,2-3H3. The van der Waals surface area contributed by atoms with Crippen molar-refractivity contribution in [1.29, 1.82) is 0 Å². The molecule has 0 saturated carbocycles. The highest BCUT2D eigenvalue weighted by atomic mass is 32.2. The summed E-state index contributed by atoms with van der Waals surface area (Å²) in [4.78, 5) is 11.3. The maximum atomic E-state index is 11.3. The second-order valence-corrected chi connectivity index (χ2v) is 4.68. The highest BCUT2D eigenvalue weighted by Crippen LogP contribution is 2.23. The summed E-state index contributed by atoms with van der Waals surface area (Å²) in [7, 11) is 0. The largest absolute Gasteiger partial charge is 0.301 e. The van der Waals surface area contributed by atoms with Gasteiger partial charge in [0.1, 0.15) is 0 Å². The van der Waals surface area contributed by atoms with E-state index in [4.69, 9.17) is 0 Å². The molecule has 71 valence electrons. The lowest BCUT2D eigenvalue weighted by molar-refractivity contribution is 0.259. The highest BCUT2D eigenvalue weighted by Gasteiger charge is 2.10. The van der Waals surface area contributed by atoms with E-state index in [1.54, 1.807) is 3.71 Å². The van der Waals surface area contributed by atoms with Gasteiger partial charge in [0.05, 0.1) is 0 Å². The average Bonchev–Trinajstić information content (AvgIpc) is 2.07. The van der Waals surface area contributed by atoms with Gasteiger partial charge in [-0.3, -0.25) is 4.79 Å². The van der Waals surface area contributed by atoms with Gasteiger partial charge in [-0.15, -0.1) is 0 Å². The molecule has 0 saturated heterocycles. The van der Waals surface area contributed by atoms with E-state index in [2.05, 4.69) is 6.92 Å². The van der Waals surface area contributed by atoms with Crippen LogP contribution in [0.25, 0.3) is 0 Å². The van der Waals surface area contributed by atoms with Gasteiger partial charge in [0.2, 0.25) is 0 Å². The van der Waals surface area contributed by atoms with Gasteiger partial charge < -0.3 is 0 Å². The minimum absolute atomic E-state index is 0.128. The van der Waals surface area contributed by atoms with Crippen LogP contribution in [0.15, 0.2) is 0 Å². The first kappa shape index (κ1) is 12.5. The molecular formula is C7H14NOS3. The Hall–Kier alpha value is 0.520. The van der Waals surface area contributed by atoms with E-state index in [1.807, 2.05) is 12.5 Å². The van der Waals surface area contributed by atoms with Crippen LogP contribution in [0.1, 0.15) is 12.8 Å². The average molecular weight is 224 g/mol. The highest BCUT2D eigenvalue weighted by molar-refractivity contribution is 8.19. The van der Waals surface area contributed by atoms with Crippen molar-refractivity contribution in [1.82, 2.24) is 3.71 Å². The Labute approximate surface area is 87.5 Å². The third-order valence-corrected chi connectivity index (χ3v) is 4.14. The van der Waals surface area contributed by atoms with Gasteiger partial charge in [-0.05, 0) is 30.3 Å². The maximum Gasteiger partial charge on any atom is 0.301 e. The number of hydrogen-bond donors (Lipinski definition) is 0. The fraction of sp³-hybridized carbons (Fsp3) is 0.714. The molecule has 0 aliphatic rings. The van der Waals surface area contributed by atoms with Crippen molar-refractivity contribution in [3.8, 4) is 0 Å². The molecule has 0 spiro atoms. The van der Waals surface area contributed by atoms with Crippen LogP contribution in [0.3, 0.4) is 0 Å². The molecule has 1 amide bonds. The van der Waals surface area contributed by atoms with Gasteiger partial charge in [-0.25, -0.2) is 3.71 Å². The molecule has 0 heterocycles. The van der Waals surface area contributed by atoms with Crippen LogP contribution >= 0.6 is 35.7 Å². The third kappa shape index (κ3) is 5.22. The van der Waals surface area contributed by atoms with E-state index in [-0.39, 0.29) is 5.24 Å². The summed E-state index contributed by atoms with van der Waals surface area (Å²) in [6.07, 6.45) is 5.71. The van der Waals surface area contributed by atoms with Crippen LogP contribution in [-0.2, 0) is 0 Å². The van der Waals surface area contributed by atoms with Crippen LogP contribution < -0.4 is 0 Å². The molecule has 0 aromatic heterocycles. The van der Waals surface area contributed by atoms with Crippen LogP contribution in [0.4, 0.5) is 4.79 Å². The Morgan fingerprint density at radius 3 is 2.42 bits per heavy atom. The fourth-order valence-electron chi connectivity index (χ4n) is 0.538. The first-order valence-electron chi connectivity index (χ1n) is 3.60. The SMILES string of the molecule is [CH2]CCCSC(=O)N(SC)SC. The number of thioether (sulfide) groups is 1. The second-order valence-electron chi connectivity index (χ2n) is 1.94. The zero-order valence-corrected chi connectivity index (χ0v) is 9.86. The number of nitrogens with zero attached hydrogens (tertiary/aromatic N) is 1. The van der Waals surface area contributed by atoms with Crippen molar-refractivity contribution in [2.24, 2.45) is 0 Å². The predicted molar refractivity (Wildman–Crippen MR) is 61.3 cm³/mol. The van der Waals surface area contributed by atoms with Crippen molar-refractivity contribution >= 4 is 40.9 Å². The van der Waals surface area contributed by atoms with Crippen molar-refractivity contribution < 1.29 is 4.79 Å². The lowest BCUT2D eigenvalue weighted by Gasteiger charge is -2.13. The van der Waals surface area contributed by atoms with Gasteiger partial charge in [0.25, 0.3) is 0 Å². The molecule has 2 nitrogen and oxygen atoms in total. The maximum absolute atomic E-state index is 11.3. The lowest BCUT2D eigenvalue weighted by atomic mass is 10.4.